The number of ether oxygens (including phenoxy) is 2. The minimum Gasteiger partial charge on any atom is -0.496 e. The zero-order valence-electron chi connectivity index (χ0n) is 19.8. The van der Waals surface area contributed by atoms with Gasteiger partial charge in [-0.3, -0.25) is 4.79 Å². The molecule has 0 spiro atoms. The number of aromatic nitrogens is 1. The molecule has 8 nitrogen and oxygen atoms in total. The number of amides is 3. The summed E-state index contributed by atoms with van der Waals surface area (Å²) in [5, 5.41) is 6.58. The van der Waals surface area contributed by atoms with Gasteiger partial charge in [-0.15, -0.1) is 12.4 Å². The van der Waals surface area contributed by atoms with Gasteiger partial charge in [0.05, 0.1) is 24.4 Å². The molecule has 0 radical (unpaired) electrons. The first kappa shape index (κ1) is 28.3. The molecule has 11 heteroatoms. The second kappa shape index (κ2) is 12.7. The molecule has 1 aromatic heterocycles. The average Bonchev–Trinajstić information content (AvgIpc) is 2.81. The Morgan fingerprint density at radius 1 is 1.11 bits per heavy atom. The molecule has 2 N–H and O–H groups in total. The number of anilines is 1. The van der Waals surface area contributed by atoms with Crippen LogP contribution >= 0.6 is 35.6 Å². The number of nitrogens with one attached hydrogen (secondary N) is 2. The van der Waals surface area contributed by atoms with E-state index in [2.05, 4.69) is 15.6 Å². The molecule has 0 bridgehead atoms. The standard InChI is InChI=1S/C24H26Cl2N4O4.ClH/c1-5-27-24(32)28-12-21(31)30(3)18-10-9-17(25)16(22(18)26)13-34-19-8-6-7-15-20(33-4)11-14(2)29-23(15)19;/h6-11H,5,12-13H2,1-4H3,(H2,27,28,32);1H. The normalized spacial score (nSPS) is 10.3. The van der Waals surface area contributed by atoms with Crippen LogP contribution in [-0.4, -0.2) is 44.2 Å². The predicted molar refractivity (Wildman–Crippen MR) is 142 cm³/mol. The van der Waals surface area contributed by atoms with Gasteiger partial charge in [0.2, 0.25) is 5.91 Å². The number of urea groups is 1. The van der Waals surface area contributed by atoms with Crippen LogP contribution in [0, 0.1) is 6.92 Å². The van der Waals surface area contributed by atoms with Gasteiger partial charge in [-0.05, 0) is 38.1 Å². The van der Waals surface area contributed by atoms with Crippen LogP contribution in [0.1, 0.15) is 18.2 Å². The van der Waals surface area contributed by atoms with E-state index in [0.717, 1.165) is 11.1 Å². The highest BCUT2D eigenvalue weighted by Gasteiger charge is 2.19. The molecular weight excluding hydrogens is 515 g/mol. The van der Waals surface area contributed by atoms with Crippen LogP contribution in [0.3, 0.4) is 0 Å². The van der Waals surface area contributed by atoms with Gasteiger partial charge in [0.1, 0.15) is 23.6 Å². The molecule has 0 aliphatic rings. The highest BCUT2D eigenvalue weighted by atomic mass is 35.5. The van der Waals surface area contributed by atoms with Crippen LogP contribution in [-0.2, 0) is 11.4 Å². The minimum atomic E-state index is -0.420. The molecule has 0 aliphatic carbocycles. The molecule has 0 saturated heterocycles. The third-order valence-electron chi connectivity index (χ3n) is 5.12. The molecule has 0 unspecified atom stereocenters. The number of para-hydroxylation sites is 1. The topological polar surface area (TPSA) is 92.8 Å². The maximum Gasteiger partial charge on any atom is 0.315 e. The van der Waals surface area contributed by atoms with Gasteiger partial charge in [-0.1, -0.05) is 29.3 Å². The summed E-state index contributed by atoms with van der Waals surface area (Å²) in [6, 6.07) is 10.3. The number of aryl methyl sites for hydroxylation is 1. The minimum absolute atomic E-state index is 0. The van der Waals surface area contributed by atoms with Crippen LogP contribution in [0.4, 0.5) is 10.5 Å². The van der Waals surface area contributed by atoms with Crippen molar-refractivity contribution in [1.29, 1.82) is 0 Å². The van der Waals surface area contributed by atoms with E-state index in [4.69, 9.17) is 32.7 Å². The Labute approximate surface area is 220 Å². The van der Waals surface area contributed by atoms with E-state index in [1.807, 2.05) is 31.2 Å². The summed E-state index contributed by atoms with van der Waals surface area (Å²) >= 11 is 13.0. The summed E-state index contributed by atoms with van der Waals surface area (Å²) in [5.74, 6) is 0.906. The molecule has 3 rings (SSSR count). The third-order valence-corrected chi connectivity index (χ3v) is 5.90. The summed E-state index contributed by atoms with van der Waals surface area (Å²) in [5.41, 5.74) is 2.42. The molecule has 0 aliphatic heterocycles. The van der Waals surface area contributed by atoms with Crippen molar-refractivity contribution in [3.8, 4) is 11.5 Å². The summed E-state index contributed by atoms with van der Waals surface area (Å²) in [7, 11) is 3.18. The first-order chi connectivity index (χ1) is 16.3. The zero-order chi connectivity index (χ0) is 24.8. The van der Waals surface area contributed by atoms with Gasteiger partial charge >= 0.3 is 6.03 Å². The lowest BCUT2D eigenvalue weighted by molar-refractivity contribution is -0.117. The van der Waals surface area contributed by atoms with E-state index in [1.54, 1.807) is 33.2 Å². The second-order valence-electron chi connectivity index (χ2n) is 7.43. The van der Waals surface area contributed by atoms with Gasteiger partial charge < -0.3 is 25.0 Å². The lowest BCUT2D eigenvalue weighted by atomic mass is 10.1. The summed E-state index contributed by atoms with van der Waals surface area (Å²) < 4.78 is 11.5. The molecule has 0 fully saturated rings. The highest BCUT2D eigenvalue weighted by molar-refractivity contribution is 6.38. The van der Waals surface area contributed by atoms with Crippen molar-refractivity contribution in [3.05, 3.63) is 57.7 Å². The van der Waals surface area contributed by atoms with E-state index in [9.17, 15) is 9.59 Å². The third kappa shape index (κ3) is 6.60. The quantitative estimate of drug-likeness (QED) is 0.412. The van der Waals surface area contributed by atoms with E-state index in [0.29, 0.717) is 39.8 Å². The number of rotatable bonds is 8. The fourth-order valence-electron chi connectivity index (χ4n) is 3.36. The van der Waals surface area contributed by atoms with Gasteiger partial charge in [0.25, 0.3) is 0 Å². The second-order valence-corrected chi connectivity index (χ2v) is 8.22. The number of fused-ring (bicyclic) bond motifs is 1. The van der Waals surface area contributed by atoms with Gasteiger partial charge in [0.15, 0.2) is 0 Å². The number of carbonyl (C=O) groups excluding carboxylic acids is 2. The van der Waals surface area contributed by atoms with Crippen LogP contribution < -0.4 is 25.0 Å². The molecule has 0 atom stereocenters. The molecular formula is C24H27Cl3N4O4. The van der Waals surface area contributed by atoms with Crippen LogP contribution in [0.25, 0.3) is 10.9 Å². The highest BCUT2D eigenvalue weighted by Crippen LogP contribution is 2.36. The number of hydrogen-bond acceptors (Lipinski definition) is 5. The van der Waals surface area contributed by atoms with E-state index in [1.165, 1.54) is 4.90 Å². The van der Waals surface area contributed by atoms with Gasteiger partial charge in [-0.25, -0.2) is 9.78 Å². The van der Waals surface area contributed by atoms with Crippen molar-refractivity contribution >= 4 is 64.1 Å². The van der Waals surface area contributed by atoms with Gasteiger partial charge in [0, 0.05) is 41.3 Å². The van der Waals surface area contributed by atoms with Crippen molar-refractivity contribution in [2.45, 2.75) is 20.5 Å². The van der Waals surface area contributed by atoms with Crippen LogP contribution in [0.2, 0.25) is 10.0 Å². The molecule has 3 aromatic rings. The Bertz CT molecular complexity index is 1220. The number of nitrogens with zero attached hydrogens (tertiary/aromatic N) is 2. The monoisotopic (exact) mass is 540 g/mol. The fourth-order valence-corrected chi connectivity index (χ4v) is 3.96. The number of likely N-dealkylation sites (N-methyl/N-ethyl adjacent to an activating group) is 1. The van der Waals surface area contributed by atoms with Crippen molar-refractivity contribution in [1.82, 2.24) is 15.6 Å². The molecule has 3 amide bonds. The number of hydrogen-bond donors (Lipinski definition) is 2. The van der Waals surface area contributed by atoms with Crippen molar-refractivity contribution in [2.75, 3.05) is 32.1 Å². The summed E-state index contributed by atoms with van der Waals surface area (Å²) in [4.78, 5) is 30.1. The fraction of sp³-hybridized carbons (Fsp3) is 0.292. The molecule has 188 valence electrons. The van der Waals surface area contributed by atoms with Gasteiger partial charge in [-0.2, -0.15) is 0 Å². The summed E-state index contributed by atoms with van der Waals surface area (Å²) in [6.07, 6.45) is 0. The Kier molecular flexibility index (Phi) is 10.2. The van der Waals surface area contributed by atoms with Crippen molar-refractivity contribution < 1.29 is 19.1 Å². The number of halogens is 3. The predicted octanol–water partition coefficient (Wildman–Crippen LogP) is 5.14. The lowest BCUT2D eigenvalue weighted by Crippen LogP contribution is -2.42. The number of carbonyl (C=O) groups is 2. The number of pyridine rings is 1. The summed E-state index contributed by atoms with van der Waals surface area (Å²) in [6.45, 7) is 4.00. The molecule has 2 aromatic carbocycles. The molecule has 35 heavy (non-hydrogen) atoms. The Morgan fingerprint density at radius 3 is 2.54 bits per heavy atom. The first-order valence-electron chi connectivity index (χ1n) is 10.6. The zero-order valence-corrected chi connectivity index (χ0v) is 22.1. The Balaban J connectivity index is 0.00000432. The average molecular weight is 542 g/mol. The Morgan fingerprint density at radius 2 is 1.86 bits per heavy atom. The molecule has 1 heterocycles. The smallest absolute Gasteiger partial charge is 0.315 e. The maximum absolute atomic E-state index is 12.6. The van der Waals surface area contributed by atoms with E-state index < -0.39 is 6.03 Å². The van der Waals surface area contributed by atoms with E-state index in [-0.39, 0.29) is 36.5 Å². The van der Waals surface area contributed by atoms with E-state index >= 15 is 0 Å². The molecule has 0 saturated carbocycles. The maximum atomic E-state index is 12.6. The first-order valence-corrected chi connectivity index (χ1v) is 11.3. The van der Waals surface area contributed by atoms with Crippen LogP contribution in [0.5, 0.6) is 11.5 Å². The van der Waals surface area contributed by atoms with Crippen molar-refractivity contribution in [2.24, 2.45) is 0 Å². The largest absolute Gasteiger partial charge is 0.496 e. The number of methoxy groups -OCH3 is 1. The van der Waals surface area contributed by atoms with Crippen LogP contribution in [0.15, 0.2) is 36.4 Å². The lowest BCUT2D eigenvalue weighted by Gasteiger charge is -2.21. The Hall–Kier alpha value is -2.94. The van der Waals surface area contributed by atoms with Crippen molar-refractivity contribution in [3.63, 3.8) is 0 Å². The SMILES string of the molecule is CCNC(=O)NCC(=O)N(C)c1ccc(Cl)c(COc2cccc3c(OC)cc(C)nc23)c1Cl.Cl. The number of benzene rings is 2.